The van der Waals surface area contributed by atoms with E-state index in [2.05, 4.69) is 40.3 Å². The molecule has 0 saturated carbocycles. The van der Waals surface area contributed by atoms with Gasteiger partial charge >= 0.3 is 0 Å². The molecule has 3 aromatic rings. The van der Waals surface area contributed by atoms with Crippen LogP contribution in [0, 0.1) is 0 Å². The number of aromatic amines is 1. The Morgan fingerprint density at radius 2 is 2.29 bits per heavy atom. The maximum absolute atomic E-state index is 4.45. The normalized spacial score (nSPS) is 11.1. The molecule has 86 valence electrons. The first-order valence-electron chi connectivity index (χ1n) is 5.75. The van der Waals surface area contributed by atoms with Gasteiger partial charge in [0.15, 0.2) is 0 Å². The van der Waals surface area contributed by atoms with Gasteiger partial charge in [-0.1, -0.05) is 31.5 Å². The number of aromatic nitrogens is 3. The Bertz CT molecular complexity index is 625. The van der Waals surface area contributed by atoms with Crippen LogP contribution < -0.4 is 0 Å². The Kier molecular flexibility index (Phi) is 2.65. The summed E-state index contributed by atoms with van der Waals surface area (Å²) in [4.78, 5) is 5.25. The summed E-state index contributed by atoms with van der Waals surface area (Å²) in [6.45, 7) is 2.19. The zero-order chi connectivity index (χ0) is 11.7. The van der Waals surface area contributed by atoms with Crippen LogP contribution in [0.3, 0.4) is 0 Å². The first kappa shape index (κ1) is 10.5. The van der Waals surface area contributed by atoms with Gasteiger partial charge in [-0.15, -0.1) is 11.3 Å². The number of aryl methyl sites for hydroxylation is 1. The third kappa shape index (κ3) is 1.74. The number of nitrogens with zero attached hydrogens (tertiary/aromatic N) is 2. The molecule has 0 spiro atoms. The second-order valence-corrected chi connectivity index (χ2v) is 4.91. The minimum Gasteiger partial charge on any atom is -0.276 e. The van der Waals surface area contributed by atoms with Crippen LogP contribution in [0.2, 0.25) is 0 Å². The van der Waals surface area contributed by atoms with Crippen LogP contribution in [0.25, 0.3) is 21.5 Å². The Morgan fingerprint density at radius 1 is 1.35 bits per heavy atom. The molecule has 0 unspecified atom stereocenters. The molecule has 0 aliphatic rings. The number of benzene rings is 1. The van der Waals surface area contributed by atoms with E-state index in [0.717, 1.165) is 28.9 Å². The standard InChI is InChI=1S/C13H13N3S/c1-2-4-9-5-3-6-10-12(9)15-16-13(10)11-7-14-8-17-11/h3,5-8H,2,4H2,1H3,(H,15,16). The van der Waals surface area contributed by atoms with Gasteiger partial charge in [0.2, 0.25) is 0 Å². The third-order valence-corrected chi connectivity index (χ3v) is 3.66. The Morgan fingerprint density at radius 3 is 3.06 bits per heavy atom. The molecule has 0 bridgehead atoms. The molecule has 1 N–H and O–H groups in total. The molecule has 0 amide bonds. The van der Waals surface area contributed by atoms with E-state index in [0.29, 0.717) is 0 Å². The summed E-state index contributed by atoms with van der Waals surface area (Å²) in [6, 6.07) is 6.38. The highest BCUT2D eigenvalue weighted by Crippen LogP contribution is 2.30. The molecule has 4 heteroatoms. The summed E-state index contributed by atoms with van der Waals surface area (Å²) in [5.74, 6) is 0. The fourth-order valence-corrected chi connectivity index (χ4v) is 2.73. The number of H-pyrrole nitrogens is 1. The van der Waals surface area contributed by atoms with E-state index in [1.54, 1.807) is 11.3 Å². The van der Waals surface area contributed by atoms with Crippen LogP contribution in [0.15, 0.2) is 29.9 Å². The number of nitrogens with one attached hydrogen (secondary N) is 1. The molecule has 0 radical (unpaired) electrons. The molecule has 0 fully saturated rings. The molecule has 1 aromatic carbocycles. The van der Waals surface area contributed by atoms with E-state index in [1.807, 2.05) is 11.7 Å². The summed E-state index contributed by atoms with van der Waals surface area (Å²) >= 11 is 1.63. The second kappa shape index (κ2) is 4.30. The predicted octanol–water partition coefficient (Wildman–Crippen LogP) is 3.64. The maximum Gasteiger partial charge on any atom is 0.0959 e. The monoisotopic (exact) mass is 243 g/mol. The first-order chi connectivity index (χ1) is 8.40. The Labute approximate surface area is 104 Å². The summed E-state index contributed by atoms with van der Waals surface area (Å²) in [6.07, 6.45) is 4.09. The lowest BCUT2D eigenvalue weighted by Gasteiger charge is -1.99. The molecule has 0 atom stereocenters. The first-order valence-corrected chi connectivity index (χ1v) is 6.63. The fourth-order valence-electron chi connectivity index (χ4n) is 2.10. The van der Waals surface area contributed by atoms with Crippen molar-refractivity contribution in [2.24, 2.45) is 0 Å². The van der Waals surface area contributed by atoms with Crippen molar-refractivity contribution >= 4 is 22.2 Å². The lowest BCUT2D eigenvalue weighted by atomic mass is 10.1. The number of fused-ring (bicyclic) bond motifs is 1. The van der Waals surface area contributed by atoms with Crippen LogP contribution in [0.1, 0.15) is 18.9 Å². The minimum atomic E-state index is 1.07. The number of hydrogen-bond donors (Lipinski definition) is 1. The molecule has 17 heavy (non-hydrogen) atoms. The quantitative estimate of drug-likeness (QED) is 0.763. The van der Waals surface area contributed by atoms with Crippen LogP contribution in [0.4, 0.5) is 0 Å². The van der Waals surface area contributed by atoms with Gasteiger partial charge in [-0.25, -0.2) is 0 Å². The molecule has 2 aromatic heterocycles. The number of hydrogen-bond acceptors (Lipinski definition) is 3. The van der Waals surface area contributed by atoms with E-state index in [9.17, 15) is 0 Å². The Balaban J connectivity index is 2.20. The summed E-state index contributed by atoms with van der Waals surface area (Å²) < 4.78 is 0. The average molecular weight is 243 g/mol. The predicted molar refractivity (Wildman–Crippen MR) is 71.2 cm³/mol. The van der Waals surface area contributed by atoms with Gasteiger partial charge in [-0.3, -0.25) is 10.1 Å². The lowest BCUT2D eigenvalue weighted by molar-refractivity contribution is 0.924. The molecular formula is C13H13N3S. The Hall–Kier alpha value is -1.68. The molecule has 3 nitrogen and oxygen atoms in total. The maximum atomic E-state index is 4.45. The topological polar surface area (TPSA) is 41.6 Å². The van der Waals surface area contributed by atoms with Gasteiger partial charge in [0, 0.05) is 11.6 Å². The van der Waals surface area contributed by atoms with Crippen molar-refractivity contribution in [3.63, 3.8) is 0 Å². The van der Waals surface area contributed by atoms with Gasteiger partial charge in [-0.05, 0) is 12.0 Å². The van der Waals surface area contributed by atoms with Crippen LogP contribution >= 0.6 is 11.3 Å². The van der Waals surface area contributed by atoms with Crippen molar-refractivity contribution in [1.29, 1.82) is 0 Å². The van der Waals surface area contributed by atoms with Crippen molar-refractivity contribution < 1.29 is 0 Å². The SMILES string of the molecule is CCCc1cccc2c(-c3cncs3)[nH]nc12. The number of rotatable bonds is 3. The fraction of sp³-hybridized carbons (Fsp3) is 0.231. The van der Waals surface area contributed by atoms with E-state index >= 15 is 0 Å². The van der Waals surface area contributed by atoms with Crippen molar-refractivity contribution in [2.75, 3.05) is 0 Å². The van der Waals surface area contributed by atoms with Gasteiger partial charge in [0.1, 0.15) is 0 Å². The highest BCUT2D eigenvalue weighted by Gasteiger charge is 2.11. The van der Waals surface area contributed by atoms with Gasteiger partial charge in [0.25, 0.3) is 0 Å². The van der Waals surface area contributed by atoms with E-state index in [4.69, 9.17) is 0 Å². The zero-order valence-corrected chi connectivity index (χ0v) is 10.4. The summed E-state index contributed by atoms with van der Waals surface area (Å²) in [5.41, 5.74) is 5.34. The van der Waals surface area contributed by atoms with Gasteiger partial charge in [-0.2, -0.15) is 5.10 Å². The van der Waals surface area contributed by atoms with Crippen molar-refractivity contribution in [2.45, 2.75) is 19.8 Å². The van der Waals surface area contributed by atoms with E-state index in [-0.39, 0.29) is 0 Å². The van der Waals surface area contributed by atoms with Crippen LogP contribution in [-0.2, 0) is 6.42 Å². The number of para-hydroxylation sites is 1. The lowest BCUT2D eigenvalue weighted by Crippen LogP contribution is -1.84. The molecule has 0 saturated heterocycles. The molecule has 0 aliphatic heterocycles. The minimum absolute atomic E-state index is 1.07. The van der Waals surface area contributed by atoms with Crippen molar-refractivity contribution in [3.05, 3.63) is 35.5 Å². The number of thiazole rings is 1. The highest BCUT2D eigenvalue weighted by atomic mass is 32.1. The second-order valence-electron chi connectivity index (χ2n) is 4.03. The van der Waals surface area contributed by atoms with Gasteiger partial charge < -0.3 is 0 Å². The average Bonchev–Trinajstić information content (AvgIpc) is 2.97. The zero-order valence-electron chi connectivity index (χ0n) is 9.60. The van der Waals surface area contributed by atoms with Crippen molar-refractivity contribution in [3.8, 4) is 10.6 Å². The van der Waals surface area contributed by atoms with Crippen molar-refractivity contribution in [1.82, 2.24) is 15.2 Å². The summed E-state index contributed by atoms with van der Waals surface area (Å²) in [7, 11) is 0. The highest BCUT2D eigenvalue weighted by molar-refractivity contribution is 7.13. The van der Waals surface area contributed by atoms with Crippen LogP contribution in [0.5, 0.6) is 0 Å². The molecular weight excluding hydrogens is 230 g/mol. The molecule has 3 rings (SSSR count). The third-order valence-electron chi connectivity index (χ3n) is 2.87. The van der Waals surface area contributed by atoms with E-state index in [1.165, 1.54) is 10.9 Å². The van der Waals surface area contributed by atoms with Crippen LogP contribution in [-0.4, -0.2) is 15.2 Å². The largest absolute Gasteiger partial charge is 0.276 e. The van der Waals surface area contributed by atoms with E-state index < -0.39 is 0 Å². The summed E-state index contributed by atoms with van der Waals surface area (Å²) in [5, 5.41) is 8.78. The molecule has 2 heterocycles. The smallest absolute Gasteiger partial charge is 0.0959 e. The van der Waals surface area contributed by atoms with Gasteiger partial charge in [0.05, 0.1) is 21.6 Å². The molecule has 0 aliphatic carbocycles.